The molecule has 1 amide bonds. The molecule has 0 radical (unpaired) electrons. The van der Waals surface area contributed by atoms with Crippen LogP contribution in [-0.2, 0) is 11.3 Å². The van der Waals surface area contributed by atoms with Crippen molar-refractivity contribution in [2.45, 2.75) is 51.6 Å². The predicted molar refractivity (Wildman–Crippen MR) is 155 cm³/mol. The number of halogens is 2. The zero-order valence-corrected chi connectivity index (χ0v) is 24.1. The van der Waals surface area contributed by atoms with Crippen molar-refractivity contribution in [1.29, 1.82) is 0 Å². The Hall–Kier alpha value is -1.79. The fourth-order valence-corrected chi connectivity index (χ4v) is 6.54. The topological polar surface area (TPSA) is 36.0 Å². The first-order chi connectivity index (χ1) is 17.0. The number of rotatable bonds is 7. The summed E-state index contributed by atoms with van der Waals surface area (Å²) in [6.07, 6.45) is 3.01. The Morgan fingerprint density at radius 2 is 1.57 bits per heavy atom. The smallest absolute Gasteiger partial charge is 0.229 e. The molecule has 37 heavy (non-hydrogen) atoms. The summed E-state index contributed by atoms with van der Waals surface area (Å²) in [5.41, 5.74) is 2.52. The summed E-state index contributed by atoms with van der Waals surface area (Å²) in [6, 6.07) is 19.8. The Morgan fingerprint density at radius 3 is 2.19 bits per heavy atom. The molecule has 3 fully saturated rings. The molecule has 3 heterocycles. The number of piperidine rings is 1. The number of hydrogen-bond acceptors (Lipinski definition) is 4. The molecule has 5 nitrogen and oxygen atoms in total. The van der Waals surface area contributed by atoms with Crippen molar-refractivity contribution in [2.75, 3.05) is 46.4 Å². The Morgan fingerprint density at radius 1 is 0.919 bits per heavy atom. The summed E-state index contributed by atoms with van der Waals surface area (Å²) in [6.45, 7) is 11.8. The van der Waals surface area contributed by atoms with Gasteiger partial charge in [0.05, 0.1) is 12.5 Å². The third-order valence-electron chi connectivity index (χ3n) is 8.87. The van der Waals surface area contributed by atoms with Crippen LogP contribution in [0, 0.1) is 11.3 Å². The Kier molecular flexibility index (Phi) is 10.3. The third kappa shape index (κ3) is 6.44. The average Bonchev–Trinajstić information content (AvgIpc) is 3.44. The minimum Gasteiger partial charge on any atom is -0.497 e. The molecule has 7 heteroatoms. The van der Waals surface area contributed by atoms with Gasteiger partial charge in [0.1, 0.15) is 5.75 Å². The van der Waals surface area contributed by atoms with Gasteiger partial charge in [-0.3, -0.25) is 9.69 Å². The molecule has 0 aliphatic carbocycles. The van der Waals surface area contributed by atoms with Gasteiger partial charge < -0.3 is 14.5 Å². The van der Waals surface area contributed by atoms with E-state index in [0.717, 1.165) is 57.7 Å². The highest BCUT2D eigenvalue weighted by molar-refractivity contribution is 5.86. The van der Waals surface area contributed by atoms with E-state index in [1.165, 1.54) is 17.7 Å². The van der Waals surface area contributed by atoms with Gasteiger partial charge in [0.25, 0.3) is 0 Å². The Labute approximate surface area is 235 Å². The SMILES string of the molecule is COc1ccc(CN2CCC3(CCN(CC4CN(C(C)C)CC4c4ccccc4)CC3)C2=O)cc1.Cl.Cl. The summed E-state index contributed by atoms with van der Waals surface area (Å²) in [5.74, 6) is 2.49. The van der Waals surface area contributed by atoms with E-state index in [1.54, 1.807) is 7.11 Å². The number of ether oxygens (including phenoxy) is 1. The highest BCUT2D eigenvalue weighted by atomic mass is 35.5. The van der Waals surface area contributed by atoms with Crippen LogP contribution in [0.15, 0.2) is 54.6 Å². The number of likely N-dealkylation sites (tertiary alicyclic amines) is 3. The molecule has 2 aromatic carbocycles. The van der Waals surface area contributed by atoms with Crippen LogP contribution in [0.5, 0.6) is 5.75 Å². The summed E-state index contributed by atoms with van der Waals surface area (Å²) < 4.78 is 5.27. The van der Waals surface area contributed by atoms with Crippen LogP contribution in [0.25, 0.3) is 0 Å². The number of carbonyl (C=O) groups excluding carboxylic acids is 1. The maximum Gasteiger partial charge on any atom is 0.229 e. The van der Waals surface area contributed by atoms with Gasteiger partial charge in [-0.15, -0.1) is 24.8 Å². The molecule has 0 N–H and O–H groups in total. The van der Waals surface area contributed by atoms with E-state index in [-0.39, 0.29) is 30.2 Å². The van der Waals surface area contributed by atoms with Crippen LogP contribution < -0.4 is 4.74 Å². The molecular weight excluding hydrogens is 505 g/mol. The lowest BCUT2D eigenvalue weighted by Crippen LogP contribution is -2.46. The normalized spacial score (nSPS) is 23.8. The minimum absolute atomic E-state index is 0. The minimum atomic E-state index is -0.137. The molecule has 3 aliphatic rings. The maximum atomic E-state index is 13.5. The van der Waals surface area contributed by atoms with Crippen LogP contribution in [0.4, 0.5) is 0 Å². The summed E-state index contributed by atoms with van der Waals surface area (Å²) in [4.78, 5) is 20.9. The van der Waals surface area contributed by atoms with Crippen LogP contribution >= 0.6 is 24.8 Å². The van der Waals surface area contributed by atoms with Crippen molar-refractivity contribution in [3.05, 3.63) is 65.7 Å². The molecule has 2 atom stereocenters. The average molecular weight is 549 g/mol. The van der Waals surface area contributed by atoms with E-state index >= 15 is 0 Å². The second kappa shape index (κ2) is 12.8. The summed E-state index contributed by atoms with van der Waals surface area (Å²) >= 11 is 0. The van der Waals surface area contributed by atoms with E-state index in [9.17, 15) is 4.79 Å². The molecular formula is C30H43Cl2N3O2. The van der Waals surface area contributed by atoms with Crippen molar-refractivity contribution >= 4 is 30.7 Å². The lowest BCUT2D eigenvalue weighted by molar-refractivity contribution is -0.139. The van der Waals surface area contributed by atoms with Gasteiger partial charge in [0.15, 0.2) is 0 Å². The number of hydrogen-bond donors (Lipinski definition) is 0. The standard InChI is InChI=1S/C30H41N3O2.2ClH/c1-23(2)33-21-26(28(22-33)25-7-5-4-6-8-25)20-31-16-13-30(14-17-31)15-18-32(29(30)34)19-24-9-11-27(35-3)12-10-24;;/h4-12,23,26,28H,13-22H2,1-3H3;2*1H. The molecule has 0 aromatic heterocycles. The van der Waals surface area contributed by atoms with Crippen molar-refractivity contribution in [3.63, 3.8) is 0 Å². The van der Waals surface area contributed by atoms with Gasteiger partial charge >= 0.3 is 0 Å². The van der Waals surface area contributed by atoms with Crippen LogP contribution in [0.3, 0.4) is 0 Å². The number of amides is 1. The second-order valence-electron chi connectivity index (χ2n) is 11.2. The van der Waals surface area contributed by atoms with Crippen LogP contribution in [0.2, 0.25) is 0 Å². The van der Waals surface area contributed by atoms with Gasteiger partial charge in [-0.2, -0.15) is 0 Å². The van der Waals surface area contributed by atoms with Gasteiger partial charge in [-0.25, -0.2) is 0 Å². The van der Waals surface area contributed by atoms with Gasteiger partial charge in [0, 0.05) is 44.7 Å². The molecule has 2 unspecified atom stereocenters. The predicted octanol–water partition coefficient (Wildman–Crippen LogP) is 5.48. The van der Waals surface area contributed by atoms with Crippen LogP contribution in [-0.4, -0.2) is 73.0 Å². The van der Waals surface area contributed by atoms with Gasteiger partial charge in [-0.1, -0.05) is 42.5 Å². The lowest BCUT2D eigenvalue weighted by Gasteiger charge is -2.39. The number of benzene rings is 2. The number of methoxy groups -OCH3 is 1. The zero-order chi connectivity index (χ0) is 24.4. The summed E-state index contributed by atoms with van der Waals surface area (Å²) in [5, 5.41) is 0. The van der Waals surface area contributed by atoms with Crippen molar-refractivity contribution in [2.24, 2.45) is 11.3 Å². The molecule has 5 rings (SSSR count). The summed E-state index contributed by atoms with van der Waals surface area (Å²) in [7, 11) is 1.68. The van der Waals surface area contributed by atoms with E-state index < -0.39 is 0 Å². The first kappa shape index (κ1) is 29.8. The van der Waals surface area contributed by atoms with Crippen molar-refractivity contribution in [3.8, 4) is 5.75 Å². The third-order valence-corrected chi connectivity index (χ3v) is 8.87. The molecule has 3 aliphatic heterocycles. The Balaban J connectivity index is 0.00000190. The molecule has 1 spiro atoms. The number of carbonyl (C=O) groups is 1. The monoisotopic (exact) mass is 547 g/mol. The highest BCUT2D eigenvalue weighted by Crippen LogP contribution is 2.43. The van der Waals surface area contributed by atoms with E-state index in [2.05, 4.69) is 71.0 Å². The molecule has 2 aromatic rings. The fourth-order valence-electron chi connectivity index (χ4n) is 6.54. The molecule has 204 valence electrons. The van der Waals surface area contributed by atoms with Gasteiger partial charge in [-0.05, 0) is 75.4 Å². The largest absolute Gasteiger partial charge is 0.497 e. The molecule has 0 saturated carbocycles. The van der Waals surface area contributed by atoms with E-state index in [4.69, 9.17) is 4.74 Å². The highest BCUT2D eigenvalue weighted by Gasteiger charge is 2.48. The lowest BCUT2D eigenvalue weighted by atomic mass is 9.76. The Bertz CT molecular complexity index is 994. The maximum absolute atomic E-state index is 13.5. The number of nitrogens with zero attached hydrogens (tertiary/aromatic N) is 3. The molecule has 3 saturated heterocycles. The van der Waals surface area contributed by atoms with Crippen LogP contribution in [0.1, 0.15) is 50.2 Å². The molecule has 0 bridgehead atoms. The van der Waals surface area contributed by atoms with Gasteiger partial charge in [0.2, 0.25) is 5.91 Å². The van der Waals surface area contributed by atoms with Crippen molar-refractivity contribution in [1.82, 2.24) is 14.7 Å². The van der Waals surface area contributed by atoms with Crippen molar-refractivity contribution < 1.29 is 9.53 Å². The first-order valence-corrected chi connectivity index (χ1v) is 13.4. The van der Waals surface area contributed by atoms with E-state index in [1.807, 2.05) is 12.1 Å². The quantitative estimate of drug-likeness (QED) is 0.460. The zero-order valence-electron chi connectivity index (χ0n) is 22.5. The van der Waals surface area contributed by atoms with E-state index in [0.29, 0.717) is 30.3 Å². The first-order valence-electron chi connectivity index (χ1n) is 13.4. The fraction of sp³-hybridized carbons (Fsp3) is 0.567. The second-order valence-corrected chi connectivity index (χ2v) is 11.2.